The van der Waals surface area contributed by atoms with Crippen LogP contribution < -0.4 is 10.8 Å². The third kappa shape index (κ3) is 19.7. The van der Waals surface area contributed by atoms with Crippen LogP contribution in [0.4, 0.5) is 0 Å². The molecule has 0 radical (unpaired) electrons. The summed E-state index contributed by atoms with van der Waals surface area (Å²) < 4.78 is 0. The van der Waals surface area contributed by atoms with Gasteiger partial charge in [-0.1, -0.05) is 0 Å². The molecule has 38 heavy (non-hydrogen) atoms. The lowest BCUT2D eigenvalue weighted by molar-refractivity contribution is -0.143. The first-order valence-corrected chi connectivity index (χ1v) is 11.4. The first-order chi connectivity index (χ1) is 17.8. The van der Waals surface area contributed by atoms with Gasteiger partial charge in [0, 0.05) is 52.4 Å². The Labute approximate surface area is 218 Å². The number of nitrogens with zero attached hydrogens (tertiary/aromatic N) is 4. The van der Waals surface area contributed by atoms with E-state index in [1.807, 2.05) is 5.48 Å². The minimum Gasteiger partial charge on any atom is -0.480 e. The van der Waals surface area contributed by atoms with E-state index in [1.54, 1.807) is 0 Å². The first-order valence-electron chi connectivity index (χ1n) is 11.4. The Hall–Kier alpha value is -3.42. The smallest absolute Gasteiger partial charge is 0.317 e. The van der Waals surface area contributed by atoms with Crippen molar-refractivity contribution in [1.82, 2.24) is 30.4 Å². The number of rotatable bonds is 24. The SMILES string of the molecule is O=C(O)CN(CCN(CCN(CC(=O)O)CC(=O)NCCNO)CC(=O)O)CCN(CC(=O)O)CC(=O)O. The van der Waals surface area contributed by atoms with Crippen LogP contribution in [0.25, 0.3) is 0 Å². The maximum Gasteiger partial charge on any atom is 0.317 e. The fraction of sp³-hybridized carbons (Fsp3) is 0.700. The van der Waals surface area contributed by atoms with Gasteiger partial charge in [-0.2, -0.15) is 0 Å². The van der Waals surface area contributed by atoms with Crippen LogP contribution in [-0.2, 0) is 28.8 Å². The summed E-state index contributed by atoms with van der Waals surface area (Å²) in [5.74, 6) is -6.62. The summed E-state index contributed by atoms with van der Waals surface area (Å²) in [6.07, 6.45) is 0. The van der Waals surface area contributed by atoms with E-state index in [1.165, 1.54) is 14.7 Å². The number of amides is 1. The van der Waals surface area contributed by atoms with E-state index >= 15 is 0 Å². The van der Waals surface area contributed by atoms with Crippen LogP contribution in [0.15, 0.2) is 0 Å². The topological polar surface area (TPSA) is 261 Å². The van der Waals surface area contributed by atoms with Crippen LogP contribution in [0.3, 0.4) is 0 Å². The van der Waals surface area contributed by atoms with Crippen LogP contribution in [0, 0.1) is 0 Å². The standard InChI is InChI=1S/C20H36N6O12/c27-15(21-1-2-22-38)9-25(12-18(32)33)7-5-23(10-16(28)29)3-4-24(11-17(30)31)6-8-26(13-19(34)35)14-20(36)37/h22,38H,1-14H2,(H,21,27)(H,28,29)(H,30,31)(H,32,33)(H,34,35)(H,36,37). The molecule has 0 spiro atoms. The normalized spacial score (nSPS) is 11.3. The van der Waals surface area contributed by atoms with E-state index in [0.717, 1.165) is 4.90 Å². The van der Waals surface area contributed by atoms with Crippen LogP contribution in [-0.4, -0.2) is 178 Å². The number of hydrogen-bond acceptors (Lipinski definition) is 12. The highest BCUT2D eigenvalue weighted by molar-refractivity contribution is 5.79. The highest BCUT2D eigenvalue weighted by Crippen LogP contribution is 1.99. The minimum atomic E-state index is -1.26. The summed E-state index contributed by atoms with van der Waals surface area (Å²) in [7, 11) is 0. The number of aliphatic carboxylic acids is 5. The maximum atomic E-state index is 12.0. The van der Waals surface area contributed by atoms with Crippen LogP contribution in [0.5, 0.6) is 0 Å². The van der Waals surface area contributed by atoms with Crippen molar-refractivity contribution in [3.8, 4) is 0 Å². The summed E-state index contributed by atoms with van der Waals surface area (Å²) in [6.45, 7) is -2.69. The highest BCUT2D eigenvalue weighted by atomic mass is 16.5. The molecule has 0 aliphatic heterocycles. The molecule has 0 aromatic heterocycles. The van der Waals surface area contributed by atoms with Gasteiger partial charge in [-0.15, -0.1) is 0 Å². The molecule has 0 aliphatic carbocycles. The Morgan fingerprint density at radius 2 is 0.737 bits per heavy atom. The second kappa shape index (κ2) is 19.7. The molecule has 0 aromatic carbocycles. The number of carboxylic acid groups (broad SMARTS) is 5. The van der Waals surface area contributed by atoms with Gasteiger partial charge in [0.15, 0.2) is 0 Å². The van der Waals surface area contributed by atoms with Gasteiger partial charge in [0.25, 0.3) is 0 Å². The second-order valence-electron chi connectivity index (χ2n) is 8.20. The Kier molecular flexibility index (Phi) is 17.9. The van der Waals surface area contributed by atoms with Crippen molar-refractivity contribution in [2.45, 2.75) is 0 Å². The molecule has 0 unspecified atom stereocenters. The lowest BCUT2D eigenvalue weighted by Crippen LogP contribution is -2.47. The largest absolute Gasteiger partial charge is 0.480 e. The number of nitrogens with one attached hydrogen (secondary N) is 2. The number of hydroxylamine groups is 1. The monoisotopic (exact) mass is 552 g/mol. The van der Waals surface area contributed by atoms with Gasteiger partial charge in [0.1, 0.15) is 0 Å². The van der Waals surface area contributed by atoms with Gasteiger partial charge in [-0.05, 0) is 0 Å². The van der Waals surface area contributed by atoms with E-state index in [2.05, 4.69) is 5.32 Å². The molecular formula is C20H36N6O12. The fourth-order valence-corrected chi connectivity index (χ4v) is 3.29. The quantitative estimate of drug-likeness (QED) is 0.0416. The molecule has 8 N–H and O–H groups in total. The molecule has 18 heteroatoms. The molecule has 0 bridgehead atoms. The lowest BCUT2D eigenvalue weighted by Gasteiger charge is -2.29. The summed E-state index contributed by atoms with van der Waals surface area (Å²) >= 11 is 0. The zero-order chi connectivity index (χ0) is 29.1. The van der Waals surface area contributed by atoms with E-state index in [-0.39, 0.29) is 58.9 Å². The van der Waals surface area contributed by atoms with Crippen molar-refractivity contribution in [2.24, 2.45) is 0 Å². The van der Waals surface area contributed by atoms with Crippen molar-refractivity contribution in [3.05, 3.63) is 0 Å². The Bertz CT molecular complexity index is 782. The predicted molar refractivity (Wildman–Crippen MR) is 127 cm³/mol. The predicted octanol–water partition coefficient (Wildman–Crippen LogP) is -4.29. The van der Waals surface area contributed by atoms with Crippen molar-refractivity contribution >= 4 is 35.8 Å². The van der Waals surface area contributed by atoms with E-state index in [9.17, 15) is 39.0 Å². The lowest BCUT2D eigenvalue weighted by atomic mass is 10.3. The number of carbonyl (C=O) groups is 6. The number of carbonyl (C=O) groups excluding carboxylic acids is 1. The van der Waals surface area contributed by atoms with Crippen LogP contribution in [0.2, 0.25) is 0 Å². The molecule has 0 rings (SSSR count). The van der Waals surface area contributed by atoms with Crippen molar-refractivity contribution in [3.63, 3.8) is 0 Å². The average Bonchev–Trinajstić information content (AvgIpc) is 2.77. The first kappa shape index (κ1) is 34.6. The van der Waals surface area contributed by atoms with E-state index in [0.29, 0.717) is 0 Å². The zero-order valence-electron chi connectivity index (χ0n) is 20.8. The van der Waals surface area contributed by atoms with Crippen molar-refractivity contribution < 1.29 is 59.5 Å². The maximum absolute atomic E-state index is 12.0. The third-order valence-electron chi connectivity index (χ3n) is 4.92. The summed E-state index contributed by atoms with van der Waals surface area (Å²) in [4.78, 5) is 73.0. The van der Waals surface area contributed by atoms with Gasteiger partial charge in [0.05, 0.1) is 39.3 Å². The molecule has 0 fully saturated rings. The van der Waals surface area contributed by atoms with Gasteiger partial charge in [-0.25, -0.2) is 5.48 Å². The molecule has 0 aliphatic rings. The van der Waals surface area contributed by atoms with E-state index < -0.39 is 68.5 Å². The molecular weight excluding hydrogens is 516 g/mol. The van der Waals surface area contributed by atoms with E-state index in [4.69, 9.17) is 20.5 Å². The van der Waals surface area contributed by atoms with Crippen LogP contribution in [0.1, 0.15) is 0 Å². The Morgan fingerprint density at radius 1 is 0.447 bits per heavy atom. The molecule has 218 valence electrons. The molecule has 0 atom stereocenters. The highest BCUT2D eigenvalue weighted by Gasteiger charge is 2.20. The molecule has 1 amide bonds. The van der Waals surface area contributed by atoms with Gasteiger partial charge < -0.3 is 36.1 Å². The summed E-state index contributed by atoms with van der Waals surface area (Å²) in [6, 6.07) is 0. The second-order valence-corrected chi connectivity index (χ2v) is 8.20. The summed E-state index contributed by atoms with van der Waals surface area (Å²) in [5, 5.41) is 56.5. The van der Waals surface area contributed by atoms with Gasteiger partial charge >= 0.3 is 29.8 Å². The van der Waals surface area contributed by atoms with Crippen molar-refractivity contribution in [2.75, 3.05) is 91.6 Å². The number of carboxylic acids is 5. The van der Waals surface area contributed by atoms with Crippen LogP contribution >= 0.6 is 0 Å². The van der Waals surface area contributed by atoms with Gasteiger partial charge in [-0.3, -0.25) is 48.4 Å². The Morgan fingerprint density at radius 3 is 1.05 bits per heavy atom. The molecule has 18 nitrogen and oxygen atoms in total. The third-order valence-corrected chi connectivity index (χ3v) is 4.92. The Balaban J connectivity index is 5.19. The molecule has 0 aromatic rings. The average molecular weight is 553 g/mol. The number of hydrogen-bond donors (Lipinski definition) is 8. The zero-order valence-corrected chi connectivity index (χ0v) is 20.8. The van der Waals surface area contributed by atoms with Crippen molar-refractivity contribution in [1.29, 1.82) is 0 Å². The minimum absolute atomic E-state index is 0.00478. The molecule has 0 saturated heterocycles. The fourth-order valence-electron chi connectivity index (χ4n) is 3.29. The summed E-state index contributed by atoms with van der Waals surface area (Å²) in [5.41, 5.74) is 1.85. The molecule has 0 heterocycles. The van der Waals surface area contributed by atoms with Gasteiger partial charge in [0.2, 0.25) is 5.91 Å². The molecule has 0 saturated carbocycles.